The van der Waals surface area contributed by atoms with Crippen molar-refractivity contribution in [1.82, 2.24) is 0 Å². The van der Waals surface area contributed by atoms with Gasteiger partial charge in [-0.05, 0) is 49.4 Å². The molecule has 2 aliphatic rings. The first kappa shape index (κ1) is 12.8. The maximum absolute atomic E-state index is 11.7. The Morgan fingerprint density at radius 2 is 1.89 bits per heavy atom. The molecule has 0 spiro atoms. The third-order valence-corrected chi connectivity index (χ3v) is 3.24. The first-order valence-corrected chi connectivity index (χ1v) is 6.73. The van der Waals surface area contributed by atoms with E-state index in [4.69, 9.17) is 0 Å². The molecule has 1 amide bonds. The third kappa shape index (κ3) is 2.30. The largest absolute Gasteiger partial charge is 0.272 e. The SMILES string of the molecule is CC.CC1=NN(c2ccc3c(c2)CCC3)C(=O)C1. The fourth-order valence-corrected chi connectivity index (χ4v) is 2.45. The van der Waals surface area contributed by atoms with Crippen molar-refractivity contribution in [2.24, 2.45) is 5.10 Å². The van der Waals surface area contributed by atoms with E-state index in [2.05, 4.69) is 17.2 Å². The Hall–Kier alpha value is -1.64. The van der Waals surface area contributed by atoms with Crippen LogP contribution in [0.2, 0.25) is 0 Å². The summed E-state index contributed by atoms with van der Waals surface area (Å²) in [7, 11) is 0. The molecule has 0 aromatic heterocycles. The minimum absolute atomic E-state index is 0.0791. The summed E-state index contributed by atoms with van der Waals surface area (Å²) < 4.78 is 0. The highest BCUT2D eigenvalue weighted by Gasteiger charge is 2.23. The Morgan fingerprint density at radius 1 is 1.17 bits per heavy atom. The van der Waals surface area contributed by atoms with Gasteiger partial charge in [-0.3, -0.25) is 4.79 Å². The van der Waals surface area contributed by atoms with Gasteiger partial charge in [-0.2, -0.15) is 5.10 Å². The zero-order valence-electron chi connectivity index (χ0n) is 11.4. The molecule has 1 aromatic carbocycles. The van der Waals surface area contributed by atoms with Gasteiger partial charge in [0.2, 0.25) is 0 Å². The maximum atomic E-state index is 11.7. The Bertz CT molecular complexity index is 491. The van der Waals surface area contributed by atoms with Crippen LogP contribution in [0.3, 0.4) is 0 Å². The predicted molar refractivity (Wildman–Crippen MR) is 75.0 cm³/mol. The highest BCUT2D eigenvalue weighted by molar-refractivity contribution is 6.12. The molecular weight excluding hydrogens is 224 g/mol. The summed E-state index contributed by atoms with van der Waals surface area (Å²) in [5.41, 5.74) is 4.62. The Labute approximate surface area is 108 Å². The van der Waals surface area contributed by atoms with E-state index in [0.717, 1.165) is 17.8 Å². The Morgan fingerprint density at radius 3 is 2.56 bits per heavy atom. The van der Waals surface area contributed by atoms with Gasteiger partial charge in [0, 0.05) is 5.71 Å². The van der Waals surface area contributed by atoms with E-state index >= 15 is 0 Å². The second-order valence-corrected chi connectivity index (χ2v) is 4.52. The van der Waals surface area contributed by atoms with Gasteiger partial charge in [-0.25, -0.2) is 5.01 Å². The molecule has 0 bridgehead atoms. The van der Waals surface area contributed by atoms with Gasteiger partial charge in [-0.1, -0.05) is 19.9 Å². The quantitative estimate of drug-likeness (QED) is 0.746. The van der Waals surface area contributed by atoms with E-state index in [-0.39, 0.29) is 5.91 Å². The number of aryl methyl sites for hydroxylation is 2. The molecule has 3 nitrogen and oxygen atoms in total. The molecule has 0 saturated carbocycles. The molecule has 0 saturated heterocycles. The number of hydrogen-bond acceptors (Lipinski definition) is 2. The minimum Gasteiger partial charge on any atom is -0.272 e. The number of nitrogens with zero attached hydrogens (tertiary/aromatic N) is 2. The van der Waals surface area contributed by atoms with Crippen molar-refractivity contribution in [2.75, 3.05) is 5.01 Å². The summed E-state index contributed by atoms with van der Waals surface area (Å²) in [4.78, 5) is 11.7. The summed E-state index contributed by atoms with van der Waals surface area (Å²) >= 11 is 0. The number of carbonyl (C=O) groups excluding carboxylic acids is 1. The van der Waals surface area contributed by atoms with E-state index in [9.17, 15) is 4.79 Å². The molecule has 0 radical (unpaired) electrons. The number of hydrazone groups is 1. The second kappa shape index (κ2) is 5.34. The average Bonchev–Trinajstić information content (AvgIpc) is 2.97. The van der Waals surface area contributed by atoms with Crippen LogP contribution < -0.4 is 5.01 Å². The standard InChI is InChI=1S/C13H14N2O.C2H6/c1-9-7-13(16)15(14-9)12-6-5-10-3-2-4-11(10)8-12;1-2/h5-6,8H,2-4,7H2,1H3;1-2H3. The highest BCUT2D eigenvalue weighted by Crippen LogP contribution is 2.28. The van der Waals surface area contributed by atoms with Gasteiger partial charge in [-0.15, -0.1) is 0 Å². The molecule has 0 unspecified atom stereocenters. The van der Waals surface area contributed by atoms with Crippen LogP contribution in [0, 0.1) is 0 Å². The van der Waals surface area contributed by atoms with Crippen molar-refractivity contribution in [3.05, 3.63) is 29.3 Å². The van der Waals surface area contributed by atoms with Crippen molar-refractivity contribution < 1.29 is 4.79 Å². The fourth-order valence-electron chi connectivity index (χ4n) is 2.45. The molecule has 1 aliphatic carbocycles. The molecule has 1 aliphatic heterocycles. The smallest absolute Gasteiger partial charge is 0.253 e. The van der Waals surface area contributed by atoms with Crippen LogP contribution in [0.4, 0.5) is 5.69 Å². The summed E-state index contributed by atoms with van der Waals surface area (Å²) in [6.45, 7) is 5.89. The Kier molecular flexibility index (Phi) is 3.80. The molecule has 3 rings (SSSR count). The number of carbonyl (C=O) groups is 1. The molecular formula is C15H20N2O. The van der Waals surface area contributed by atoms with Crippen molar-refractivity contribution in [3.8, 4) is 0 Å². The number of amides is 1. The van der Waals surface area contributed by atoms with Crippen molar-refractivity contribution in [3.63, 3.8) is 0 Å². The molecule has 96 valence electrons. The number of rotatable bonds is 1. The van der Waals surface area contributed by atoms with Crippen LogP contribution >= 0.6 is 0 Å². The predicted octanol–water partition coefficient (Wildman–Crippen LogP) is 3.31. The van der Waals surface area contributed by atoms with E-state index in [1.807, 2.05) is 26.8 Å². The molecule has 1 heterocycles. The van der Waals surface area contributed by atoms with Crippen LogP contribution in [0.5, 0.6) is 0 Å². The normalized spacial score (nSPS) is 17.2. The number of hydrogen-bond donors (Lipinski definition) is 0. The molecule has 0 N–H and O–H groups in total. The molecule has 1 aromatic rings. The van der Waals surface area contributed by atoms with E-state index < -0.39 is 0 Å². The zero-order chi connectivity index (χ0) is 13.1. The monoisotopic (exact) mass is 244 g/mol. The van der Waals surface area contributed by atoms with E-state index in [1.165, 1.54) is 29.0 Å². The lowest BCUT2D eigenvalue weighted by atomic mass is 10.1. The van der Waals surface area contributed by atoms with Gasteiger partial charge in [0.25, 0.3) is 5.91 Å². The average molecular weight is 244 g/mol. The van der Waals surface area contributed by atoms with Crippen molar-refractivity contribution in [1.29, 1.82) is 0 Å². The molecule has 18 heavy (non-hydrogen) atoms. The number of fused-ring (bicyclic) bond motifs is 1. The first-order valence-electron chi connectivity index (χ1n) is 6.73. The zero-order valence-corrected chi connectivity index (χ0v) is 11.4. The molecule has 3 heteroatoms. The van der Waals surface area contributed by atoms with Crippen molar-refractivity contribution >= 4 is 17.3 Å². The fraction of sp³-hybridized carbons (Fsp3) is 0.467. The van der Waals surface area contributed by atoms with Crippen LogP contribution in [0.1, 0.15) is 44.7 Å². The van der Waals surface area contributed by atoms with Crippen LogP contribution in [0.25, 0.3) is 0 Å². The lowest BCUT2D eigenvalue weighted by Crippen LogP contribution is -2.19. The summed E-state index contributed by atoms with van der Waals surface area (Å²) in [6, 6.07) is 6.25. The lowest BCUT2D eigenvalue weighted by molar-refractivity contribution is -0.116. The molecule has 0 atom stereocenters. The van der Waals surface area contributed by atoms with E-state index in [0.29, 0.717) is 6.42 Å². The second-order valence-electron chi connectivity index (χ2n) is 4.52. The van der Waals surface area contributed by atoms with Crippen molar-refractivity contribution in [2.45, 2.75) is 46.5 Å². The van der Waals surface area contributed by atoms with Crippen LogP contribution in [-0.4, -0.2) is 11.6 Å². The maximum Gasteiger partial charge on any atom is 0.253 e. The van der Waals surface area contributed by atoms with E-state index in [1.54, 1.807) is 0 Å². The molecule has 0 fully saturated rings. The van der Waals surface area contributed by atoms with Crippen LogP contribution in [0.15, 0.2) is 23.3 Å². The summed E-state index contributed by atoms with van der Waals surface area (Å²) in [6.07, 6.45) is 3.99. The van der Waals surface area contributed by atoms with Gasteiger partial charge in [0.05, 0.1) is 12.1 Å². The summed E-state index contributed by atoms with van der Waals surface area (Å²) in [5, 5.41) is 5.80. The lowest BCUT2D eigenvalue weighted by Gasteiger charge is -2.13. The van der Waals surface area contributed by atoms with Gasteiger partial charge in [0.15, 0.2) is 0 Å². The number of benzene rings is 1. The third-order valence-electron chi connectivity index (χ3n) is 3.24. The van der Waals surface area contributed by atoms with Gasteiger partial charge < -0.3 is 0 Å². The first-order chi connectivity index (χ1) is 8.74. The van der Waals surface area contributed by atoms with Crippen LogP contribution in [-0.2, 0) is 17.6 Å². The summed E-state index contributed by atoms with van der Waals surface area (Å²) in [5.74, 6) is 0.0791. The van der Waals surface area contributed by atoms with Gasteiger partial charge >= 0.3 is 0 Å². The number of anilines is 1. The van der Waals surface area contributed by atoms with Gasteiger partial charge in [0.1, 0.15) is 0 Å². The highest BCUT2D eigenvalue weighted by atomic mass is 16.2. The minimum atomic E-state index is 0.0791. The Balaban J connectivity index is 0.000000574. The topological polar surface area (TPSA) is 32.7 Å².